The molecule has 0 fully saturated rings. The van der Waals surface area contributed by atoms with Gasteiger partial charge in [0.15, 0.2) is 0 Å². The summed E-state index contributed by atoms with van der Waals surface area (Å²) in [6.07, 6.45) is 3.11. The quantitative estimate of drug-likeness (QED) is 0.640. The first-order valence-electron chi connectivity index (χ1n) is 6.29. The summed E-state index contributed by atoms with van der Waals surface area (Å²) >= 11 is 0. The monoisotopic (exact) mass is 215 g/mol. The first kappa shape index (κ1) is 14.9. The van der Waals surface area contributed by atoms with Crippen molar-refractivity contribution in [3.8, 4) is 0 Å². The Morgan fingerprint density at radius 1 is 1.13 bits per heavy atom. The van der Waals surface area contributed by atoms with Crippen LogP contribution in [0.4, 0.5) is 0 Å². The van der Waals surface area contributed by atoms with Gasteiger partial charge in [-0.3, -0.25) is 0 Å². The second-order valence-electron chi connectivity index (χ2n) is 5.66. The zero-order valence-electron chi connectivity index (χ0n) is 11.1. The Bertz CT molecular complexity index is 147. The molecule has 0 saturated heterocycles. The van der Waals surface area contributed by atoms with E-state index >= 15 is 0 Å². The third kappa shape index (κ3) is 7.80. The number of aliphatic hydroxyl groups is 1. The molecule has 0 radical (unpaired) electrons. The summed E-state index contributed by atoms with van der Waals surface area (Å²) in [5, 5.41) is 13.2. The van der Waals surface area contributed by atoms with Crippen molar-refractivity contribution in [1.82, 2.24) is 5.32 Å². The van der Waals surface area contributed by atoms with Gasteiger partial charge in [0.2, 0.25) is 0 Å². The van der Waals surface area contributed by atoms with Crippen LogP contribution in [0.25, 0.3) is 0 Å². The zero-order chi connectivity index (χ0) is 11.9. The summed E-state index contributed by atoms with van der Waals surface area (Å²) in [5.74, 6) is 0.451. The zero-order valence-corrected chi connectivity index (χ0v) is 11.1. The van der Waals surface area contributed by atoms with E-state index in [0.29, 0.717) is 11.3 Å². The standard InChI is InChI=1S/C13H29NO/c1-6-11(7-2)12(15)10-14-9-8-13(3,4)5/h11-12,14-15H,6-10H2,1-5H3. The fourth-order valence-corrected chi connectivity index (χ4v) is 1.71. The first-order chi connectivity index (χ1) is 6.90. The lowest BCUT2D eigenvalue weighted by Crippen LogP contribution is -2.34. The predicted molar refractivity (Wildman–Crippen MR) is 67.0 cm³/mol. The molecule has 2 N–H and O–H groups in total. The lowest BCUT2D eigenvalue weighted by atomic mass is 9.92. The highest BCUT2D eigenvalue weighted by Gasteiger charge is 2.15. The molecule has 1 atom stereocenters. The van der Waals surface area contributed by atoms with E-state index in [4.69, 9.17) is 0 Å². The van der Waals surface area contributed by atoms with E-state index in [0.717, 1.165) is 32.4 Å². The van der Waals surface area contributed by atoms with Crippen molar-refractivity contribution in [2.75, 3.05) is 13.1 Å². The van der Waals surface area contributed by atoms with E-state index in [9.17, 15) is 5.11 Å². The van der Waals surface area contributed by atoms with Crippen LogP contribution in [0.2, 0.25) is 0 Å². The van der Waals surface area contributed by atoms with Gasteiger partial charge in [0.1, 0.15) is 0 Å². The first-order valence-corrected chi connectivity index (χ1v) is 6.29. The van der Waals surface area contributed by atoms with Crippen molar-refractivity contribution < 1.29 is 5.11 Å². The van der Waals surface area contributed by atoms with E-state index in [2.05, 4.69) is 39.9 Å². The summed E-state index contributed by atoms with van der Waals surface area (Å²) in [7, 11) is 0. The molecule has 0 saturated carbocycles. The molecule has 0 aromatic heterocycles. The normalized spacial score (nSPS) is 14.6. The van der Waals surface area contributed by atoms with Crippen LogP contribution in [-0.2, 0) is 0 Å². The predicted octanol–water partition coefficient (Wildman–Crippen LogP) is 2.81. The van der Waals surface area contributed by atoms with Gasteiger partial charge < -0.3 is 10.4 Å². The van der Waals surface area contributed by atoms with Crippen LogP contribution in [0.3, 0.4) is 0 Å². The fourth-order valence-electron chi connectivity index (χ4n) is 1.71. The molecule has 0 aliphatic carbocycles. The molecule has 0 aliphatic rings. The van der Waals surface area contributed by atoms with Crippen molar-refractivity contribution in [3.05, 3.63) is 0 Å². The van der Waals surface area contributed by atoms with E-state index in [1.165, 1.54) is 0 Å². The Hall–Kier alpha value is -0.0800. The van der Waals surface area contributed by atoms with Crippen molar-refractivity contribution in [2.24, 2.45) is 11.3 Å². The molecule has 92 valence electrons. The lowest BCUT2D eigenvalue weighted by molar-refractivity contribution is 0.101. The van der Waals surface area contributed by atoms with Gasteiger partial charge in [0.25, 0.3) is 0 Å². The van der Waals surface area contributed by atoms with Crippen molar-refractivity contribution >= 4 is 0 Å². The molecular formula is C13H29NO. The molecule has 0 bridgehead atoms. The number of rotatable bonds is 7. The van der Waals surface area contributed by atoms with Gasteiger partial charge in [0.05, 0.1) is 6.10 Å². The largest absolute Gasteiger partial charge is 0.392 e. The third-order valence-corrected chi connectivity index (χ3v) is 3.00. The van der Waals surface area contributed by atoms with Crippen molar-refractivity contribution in [2.45, 2.75) is 60.0 Å². The summed E-state index contributed by atoms with van der Waals surface area (Å²) in [6.45, 7) is 12.8. The van der Waals surface area contributed by atoms with Gasteiger partial charge in [-0.15, -0.1) is 0 Å². The molecule has 0 aliphatic heterocycles. The molecule has 15 heavy (non-hydrogen) atoms. The molecule has 0 aromatic carbocycles. The second-order valence-corrected chi connectivity index (χ2v) is 5.66. The average molecular weight is 215 g/mol. The van der Waals surface area contributed by atoms with E-state index in [-0.39, 0.29) is 6.10 Å². The van der Waals surface area contributed by atoms with Gasteiger partial charge in [0, 0.05) is 6.54 Å². The minimum absolute atomic E-state index is 0.181. The number of aliphatic hydroxyl groups excluding tert-OH is 1. The Labute approximate surface area is 95.5 Å². The molecule has 2 nitrogen and oxygen atoms in total. The molecule has 0 amide bonds. The van der Waals surface area contributed by atoms with Crippen molar-refractivity contribution in [3.63, 3.8) is 0 Å². The maximum absolute atomic E-state index is 9.88. The van der Waals surface area contributed by atoms with Crippen LogP contribution in [0.1, 0.15) is 53.9 Å². The Kier molecular flexibility index (Phi) is 7.20. The topological polar surface area (TPSA) is 32.3 Å². The maximum Gasteiger partial charge on any atom is 0.0692 e. The lowest BCUT2D eigenvalue weighted by Gasteiger charge is -2.22. The van der Waals surface area contributed by atoms with Gasteiger partial charge in [-0.05, 0) is 24.3 Å². The van der Waals surface area contributed by atoms with E-state index < -0.39 is 0 Å². The molecule has 0 rings (SSSR count). The number of hydrogen-bond acceptors (Lipinski definition) is 2. The van der Waals surface area contributed by atoms with Crippen LogP contribution in [0.15, 0.2) is 0 Å². The molecule has 2 heteroatoms. The number of hydrogen-bond donors (Lipinski definition) is 2. The smallest absolute Gasteiger partial charge is 0.0692 e. The van der Waals surface area contributed by atoms with Crippen LogP contribution in [0, 0.1) is 11.3 Å². The number of nitrogens with one attached hydrogen (secondary N) is 1. The Morgan fingerprint density at radius 2 is 1.67 bits per heavy atom. The highest BCUT2D eigenvalue weighted by Crippen LogP contribution is 2.17. The summed E-state index contributed by atoms with van der Waals surface area (Å²) in [4.78, 5) is 0. The summed E-state index contributed by atoms with van der Waals surface area (Å²) < 4.78 is 0. The van der Waals surface area contributed by atoms with Gasteiger partial charge >= 0.3 is 0 Å². The van der Waals surface area contributed by atoms with E-state index in [1.54, 1.807) is 0 Å². The second kappa shape index (κ2) is 7.24. The molecule has 1 unspecified atom stereocenters. The van der Waals surface area contributed by atoms with Gasteiger partial charge in [-0.2, -0.15) is 0 Å². The molecule has 0 spiro atoms. The van der Waals surface area contributed by atoms with Crippen molar-refractivity contribution in [1.29, 1.82) is 0 Å². The average Bonchev–Trinajstić information content (AvgIpc) is 2.13. The summed E-state index contributed by atoms with van der Waals surface area (Å²) in [6, 6.07) is 0. The van der Waals surface area contributed by atoms with Crippen LogP contribution in [0.5, 0.6) is 0 Å². The van der Waals surface area contributed by atoms with Crippen LogP contribution >= 0.6 is 0 Å². The van der Waals surface area contributed by atoms with Gasteiger partial charge in [-0.1, -0.05) is 47.5 Å². The highest BCUT2D eigenvalue weighted by atomic mass is 16.3. The van der Waals surface area contributed by atoms with Gasteiger partial charge in [-0.25, -0.2) is 0 Å². The summed E-state index contributed by atoms with van der Waals surface area (Å²) in [5.41, 5.74) is 0.382. The van der Waals surface area contributed by atoms with Crippen LogP contribution in [-0.4, -0.2) is 24.3 Å². The Balaban J connectivity index is 3.58. The minimum Gasteiger partial charge on any atom is -0.392 e. The molecule has 0 heterocycles. The maximum atomic E-state index is 9.88. The molecule has 0 aromatic rings. The third-order valence-electron chi connectivity index (χ3n) is 3.00. The minimum atomic E-state index is -0.181. The fraction of sp³-hybridized carbons (Fsp3) is 1.00. The molecular weight excluding hydrogens is 186 g/mol. The Morgan fingerprint density at radius 3 is 2.07 bits per heavy atom. The SMILES string of the molecule is CCC(CC)C(O)CNCCC(C)(C)C. The van der Waals surface area contributed by atoms with Crippen LogP contribution < -0.4 is 5.32 Å². The van der Waals surface area contributed by atoms with E-state index in [1.807, 2.05) is 0 Å². The highest BCUT2D eigenvalue weighted by molar-refractivity contribution is 4.70.